The zero-order valence-electron chi connectivity index (χ0n) is 19.7. The quantitative estimate of drug-likeness (QED) is 0.413. The highest BCUT2D eigenvalue weighted by molar-refractivity contribution is 7.91. The molecule has 3 aromatic carbocycles. The van der Waals surface area contributed by atoms with Crippen molar-refractivity contribution < 1.29 is 26.4 Å². The van der Waals surface area contributed by atoms with E-state index < -0.39 is 21.6 Å². The van der Waals surface area contributed by atoms with Crippen molar-refractivity contribution in [1.82, 2.24) is 5.32 Å². The van der Waals surface area contributed by atoms with Gasteiger partial charge in [0.15, 0.2) is 9.84 Å². The number of hydrogen-bond acceptors (Lipinski definition) is 4. The van der Waals surface area contributed by atoms with Gasteiger partial charge in [-0.3, -0.25) is 4.79 Å². The minimum absolute atomic E-state index is 0.0182. The third kappa shape index (κ3) is 6.14. The summed E-state index contributed by atoms with van der Waals surface area (Å²) in [4.78, 5) is 12.7. The molecule has 2 atom stereocenters. The van der Waals surface area contributed by atoms with E-state index in [0.717, 1.165) is 36.1 Å². The monoisotopic (exact) mass is 516 g/mol. The van der Waals surface area contributed by atoms with Crippen molar-refractivity contribution in [3.63, 3.8) is 0 Å². The fourth-order valence-electron chi connectivity index (χ4n) is 4.34. The molecule has 0 bridgehead atoms. The highest BCUT2D eigenvalue weighted by Crippen LogP contribution is 2.36. The molecule has 0 spiro atoms. The van der Waals surface area contributed by atoms with E-state index >= 15 is 0 Å². The van der Waals surface area contributed by atoms with Crippen LogP contribution < -0.4 is 10.6 Å². The molecular formula is C27H27F3N2O3S. The standard InChI is InChI=1S/C27H27F3N2O3S/c1-2-36(34,35)23-13-3-18(4-14-23)17-26(33)31-22-11-7-20(8-12-22)25-16-15-24(32-25)19-5-9-21(10-6-19)27(28,29)30/h3-14,24-25,32H,2,15-17H2,1H3,(H,31,33). The van der Waals surface area contributed by atoms with Crippen LogP contribution in [0.25, 0.3) is 0 Å². The van der Waals surface area contributed by atoms with Gasteiger partial charge in [0.1, 0.15) is 0 Å². The molecule has 0 aliphatic carbocycles. The summed E-state index contributed by atoms with van der Waals surface area (Å²) in [7, 11) is -3.28. The minimum Gasteiger partial charge on any atom is -0.326 e. The molecule has 0 aromatic heterocycles. The SMILES string of the molecule is CCS(=O)(=O)c1ccc(CC(=O)Nc2ccc(C3CCC(c4ccc(C(F)(F)F)cc4)N3)cc2)cc1. The molecule has 3 aromatic rings. The number of rotatable bonds is 7. The van der Waals surface area contributed by atoms with E-state index in [4.69, 9.17) is 0 Å². The van der Waals surface area contributed by atoms with E-state index in [1.54, 1.807) is 19.1 Å². The van der Waals surface area contributed by atoms with Crippen molar-refractivity contribution in [2.24, 2.45) is 0 Å². The summed E-state index contributed by atoms with van der Waals surface area (Å²) in [5, 5.41) is 6.33. The highest BCUT2D eigenvalue weighted by Gasteiger charge is 2.31. The van der Waals surface area contributed by atoms with Crippen molar-refractivity contribution in [3.8, 4) is 0 Å². The summed E-state index contributed by atoms with van der Waals surface area (Å²) in [5.41, 5.74) is 2.57. The van der Waals surface area contributed by atoms with Gasteiger partial charge in [0.25, 0.3) is 0 Å². The van der Waals surface area contributed by atoms with E-state index in [2.05, 4.69) is 10.6 Å². The number of carbonyl (C=O) groups is 1. The topological polar surface area (TPSA) is 75.3 Å². The Morgan fingerprint density at radius 2 is 1.42 bits per heavy atom. The Morgan fingerprint density at radius 3 is 1.92 bits per heavy atom. The lowest BCUT2D eigenvalue weighted by Gasteiger charge is -2.16. The fourth-order valence-corrected chi connectivity index (χ4v) is 5.23. The van der Waals surface area contributed by atoms with Gasteiger partial charge in [-0.25, -0.2) is 8.42 Å². The maximum atomic E-state index is 12.8. The van der Waals surface area contributed by atoms with Crippen LogP contribution in [-0.2, 0) is 27.2 Å². The Morgan fingerprint density at radius 1 is 0.889 bits per heavy atom. The number of sulfone groups is 1. The zero-order valence-corrected chi connectivity index (χ0v) is 20.5. The molecule has 0 saturated carbocycles. The highest BCUT2D eigenvalue weighted by atomic mass is 32.2. The van der Waals surface area contributed by atoms with Crippen molar-refractivity contribution >= 4 is 21.4 Å². The first kappa shape index (κ1) is 25.9. The maximum Gasteiger partial charge on any atom is 0.416 e. The Kier molecular flexibility index (Phi) is 7.51. The van der Waals surface area contributed by atoms with E-state index in [1.807, 2.05) is 24.3 Å². The number of benzene rings is 3. The normalized spacial score (nSPS) is 18.2. The van der Waals surface area contributed by atoms with Gasteiger partial charge in [-0.15, -0.1) is 0 Å². The van der Waals surface area contributed by atoms with Crippen LogP contribution in [0.15, 0.2) is 77.7 Å². The van der Waals surface area contributed by atoms with Crippen LogP contribution in [0.2, 0.25) is 0 Å². The number of alkyl halides is 3. The molecule has 2 N–H and O–H groups in total. The first-order valence-electron chi connectivity index (χ1n) is 11.7. The van der Waals surface area contributed by atoms with Gasteiger partial charge in [-0.2, -0.15) is 13.2 Å². The summed E-state index contributed by atoms with van der Waals surface area (Å²) >= 11 is 0. The predicted octanol–water partition coefficient (Wildman–Crippen LogP) is 5.85. The molecule has 1 amide bonds. The maximum absolute atomic E-state index is 12.8. The van der Waals surface area contributed by atoms with Gasteiger partial charge in [-0.05, 0) is 65.9 Å². The third-order valence-electron chi connectivity index (χ3n) is 6.41. The molecule has 1 aliphatic heterocycles. The number of nitrogens with one attached hydrogen (secondary N) is 2. The number of hydrogen-bond donors (Lipinski definition) is 2. The van der Waals surface area contributed by atoms with Gasteiger partial charge in [0, 0.05) is 17.8 Å². The molecule has 190 valence electrons. The number of halogens is 3. The molecule has 2 unspecified atom stereocenters. The zero-order chi connectivity index (χ0) is 25.9. The molecular weight excluding hydrogens is 489 g/mol. The molecule has 4 rings (SSSR count). The van der Waals surface area contributed by atoms with Gasteiger partial charge >= 0.3 is 6.18 Å². The lowest BCUT2D eigenvalue weighted by atomic mass is 10.0. The average Bonchev–Trinajstić information content (AvgIpc) is 3.35. The number of anilines is 1. The summed E-state index contributed by atoms with van der Waals surface area (Å²) in [5.74, 6) is -0.190. The first-order chi connectivity index (χ1) is 17.0. The molecule has 1 saturated heterocycles. The molecule has 0 radical (unpaired) electrons. The van der Waals surface area contributed by atoms with E-state index in [0.29, 0.717) is 11.3 Å². The van der Waals surface area contributed by atoms with Gasteiger partial charge < -0.3 is 10.6 Å². The van der Waals surface area contributed by atoms with Gasteiger partial charge in [0.05, 0.1) is 22.6 Å². The second kappa shape index (κ2) is 10.4. The van der Waals surface area contributed by atoms with Crippen LogP contribution in [0, 0.1) is 0 Å². The molecule has 5 nitrogen and oxygen atoms in total. The third-order valence-corrected chi connectivity index (χ3v) is 8.16. The summed E-state index contributed by atoms with van der Waals surface area (Å²) < 4.78 is 62.2. The lowest BCUT2D eigenvalue weighted by Crippen LogP contribution is -2.18. The Labute approximate surface area is 208 Å². The van der Waals surface area contributed by atoms with Crippen LogP contribution in [0.5, 0.6) is 0 Å². The lowest BCUT2D eigenvalue weighted by molar-refractivity contribution is -0.137. The van der Waals surface area contributed by atoms with Crippen LogP contribution in [0.3, 0.4) is 0 Å². The van der Waals surface area contributed by atoms with Gasteiger partial charge in [0.2, 0.25) is 5.91 Å². The second-order valence-electron chi connectivity index (χ2n) is 8.86. The molecule has 1 aliphatic rings. The summed E-state index contributed by atoms with van der Waals surface area (Å²) in [6.45, 7) is 1.59. The average molecular weight is 517 g/mol. The Balaban J connectivity index is 1.32. The van der Waals surface area contributed by atoms with Crippen LogP contribution in [0.4, 0.5) is 18.9 Å². The van der Waals surface area contributed by atoms with Crippen LogP contribution >= 0.6 is 0 Å². The van der Waals surface area contributed by atoms with Crippen molar-refractivity contribution in [2.45, 2.75) is 49.3 Å². The Bertz CT molecular complexity index is 1300. The van der Waals surface area contributed by atoms with E-state index in [9.17, 15) is 26.4 Å². The van der Waals surface area contributed by atoms with Crippen molar-refractivity contribution in [2.75, 3.05) is 11.1 Å². The van der Waals surface area contributed by atoms with Crippen LogP contribution in [0.1, 0.15) is 54.1 Å². The summed E-state index contributed by atoms with van der Waals surface area (Å²) in [6.07, 6.45) is -2.56. The van der Waals surface area contributed by atoms with Gasteiger partial charge in [-0.1, -0.05) is 43.3 Å². The number of amides is 1. The second-order valence-corrected chi connectivity index (χ2v) is 11.1. The first-order valence-corrected chi connectivity index (χ1v) is 13.3. The molecule has 36 heavy (non-hydrogen) atoms. The molecule has 9 heteroatoms. The van der Waals surface area contributed by atoms with E-state index in [-0.39, 0.29) is 35.1 Å². The van der Waals surface area contributed by atoms with Crippen molar-refractivity contribution in [1.29, 1.82) is 0 Å². The Hall–Kier alpha value is -3.17. The van der Waals surface area contributed by atoms with E-state index in [1.165, 1.54) is 24.3 Å². The predicted molar refractivity (Wildman–Crippen MR) is 132 cm³/mol. The molecule has 1 fully saturated rings. The fraction of sp³-hybridized carbons (Fsp3) is 0.296. The minimum atomic E-state index is -4.34. The van der Waals surface area contributed by atoms with Crippen molar-refractivity contribution in [3.05, 3.63) is 95.1 Å². The smallest absolute Gasteiger partial charge is 0.326 e. The summed E-state index contributed by atoms with van der Waals surface area (Å²) in [6, 6.07) is 19.1. The molecule has 1 heterocycles. The van der Waals surface area contributed by atoms with Crippen LogP contribution in [-0.4, -0.2) is 20.1 Å². The number of carbonyl (C=O) groups excluding carboxylic acids is 1. The largest absolute Gasteiger partial charge is 0.416 e.